The van der Waals surface area contributed by atoms with Crippen molar-refractivity contribution in [3.63, 3.8) is 0 Å². The standard InChI is InChI=1S/C17H16N6O3/c1-10-14(17(25)26-2)15-19-8-12-13(23(15)21-10)4-6-22(16(12)24)5-3-11-7-18-9-20-11/h4,6-9H,3,5H2,1-2H3,(H,18,20). The molecule has 132 valence electrons. The van der Waals surface area contributed by atoms with E-state index in [2.05, 4.69) is 20.1 Å². The maximum Gasteiger partial charge on any atom is 0.343 e. The van der Waals surface area contributed by atoms with E-state index in [0.29, 0.717) is 40.8 Å². The molecule has 0 spiro atoms. The summed E-state index contributed by atoms with van der Waals surface area (Å²) in [5.74, 6) is -0.503. The van der Waals surface area contributed by atoms with Crippen molar-refractivity contribution in [2.24, 2.45) is 0 Å². The molecule has 0 radical (unpaired) electrons. The van der Waals surface area contributed by atoms with E-state index in [0.717, 1.165) is 5.69 Å². The number of hydrogen-bond acceptors (Lipinski definition) is 6. The molecule has 0 amide bonds. The first-order valence-corrected chi connectivity index (χ1v) is 8.03. The fourth-order valence-corrected chi connectivity index (χ4v) is 3.00. The van der Waals surface area contributed by atoms with Gasteiger partial charge >= 0.3 is 5.97 Å². The number of nitrogens with zero attached hydrogens (tertiary/aromatic N) is 5. The van der Waals surface area contributed by atoms with Gasteiger partial charge in [0.1, 0.15) is 5.56 Å². The summed E-state index contributed by atoms with van der Waals surface area (Å²) in [6, 6.07) is 1.80. The highest BCUT2D eigenvalue weighted by atomic mass is 16.5. The Morgan fingerprint density at radius 1 is 1.35 bits per heavy atom. The van der Waals surface area contributed by atoms with Crippen molar-refractivity contribution in [1.29, 1.82) is 0 Å². The molecule has 0 atom stereocenters. The molecule has 0 aliphatic heterocycles. The van der Waals surface area contributed by atoms with E-state index in [9.17, 15) is 9.59 Å². The Hall–Kier alpha value is -3.49. The molecule has 0 fully saturated rings. The maximum absolute atomic E-state index is 12.8. The Kier molecular flexibility index (Phi) is 3.76. The van der Waals surface area contributed by atoms with Gasteiger partial charge in [-0.05, 0) is 13.0 Å². The summed E-state index contributed by atoms with van der Waals surface area (Å²) in [7, 11) is 1.31. The first kappa shape index (κ1) is 16.0. The van der Waals surface area contributed by atoms with Crippen LogP contribution in [0.5, 0.6) is 0 Å². The normalized spacial score (nSPS) is 11.3. The molecule has 9 heteroatoms. The number of pyridine rings is 1. The van der Waals surface area contributed by atoms with E-state index in [1.807, 2.05) is 0 Å². The van der Waals surface area contributed by atoms with Crippen molar-refractivity contribution in [3.05, 3.63) is 58.3 Å². The summed E-state index contributed by atoms with van der Waals surface area (Å²) in [4.78, 5) is 36.0. The van der Waals surface area contributed by atoms with Gasteiger partial charge in [0.05, 0.1) is 30.0 Å². The van der Waals surface area contributed by atoms with Gasteiger partial charge in [-0.3, -0.25) is 4.79 Å². The quantitative estimate of drug-likeness (QED) is 0.551. The van der Waals surface area contributed by atoms with Gasteiger partial charge in [-0.2, -0.15) is 5.10 Å². The Balaban J connectivity index is 1.82. The highest BCUT2D eigenvalue weighted by Gasteiger charge is 2.20. The molecule has 0 saturated heterocycles. The average molecular weight is 352 g/mol. The molecule has 9 nitrogen and oxygen atoms in total. The van der Waals surface area contributed by atoms with Crippen molar-refractivity contribution < 1.29 is 9.53 Å². The number of imidazole rings is 1. The van der Waals surface area contributed by atoms with Crippen molar-refractivity contribution in [1.82, 2.24) is 29.1 Å². The molecule has 0 saturated carbocycles. The zero-order valence-electron chi connectivity index (χ0n) is 14.3. The number of carbonyl (C=O) groups is 1. The van der Waals surface area contributed by atoms with Gasteiger partial charge < -0.3 is 14.3 Å². The summed E-state index contributed by atoms with van der Waals surface area (Å²) in [6.07, 6.45) is 7.20. The number of methoxy groups -OCH3 is 1. The Morgan fingerprint density at radius 3 is 2.92 bits per heavy atom. The predicted molar refractivity (Wildman–Crippen MR) is 93.1 cm³/mol. The van der Waals surface area contributed by atoms with Crippen LogP contribution >= 0.6 is 0 Å². The summed E-state index contributed by atoms with van der Waals surface area (Å²) in [6.45, 7) is 2.22. The number of aromatic nitrogens is 6. The number of ether oxygens (including phenoxy) is 1. The summed E-state index contributed by atoms with van der Waals surface area (Å²) < 4.78 is 7.93. The van der Waals surface area contributed by atoms with E-state index < -0.39 is 5.97 Å². The molecule has 4 rings (SSSR count). The topological polar surface area (TPSA) is 107 Å². The molecule has 0 aliphatic rings. The van der Waals surface area contributed by atoms with E-state index in [4.69, 9.17) is 4.74 Å². The molecule has 26 heavy (non-hydrogen) atoms. The van der Waals surface area contributed by atoms with Crippen LogP contribution in [0.25, 0.3) is 16.6 Å². The van der Waals surface area contributed by atoms with Crippen LogP contribution < -0.4 is 5.56 Å². The second-order valence-electron chi connectivity index (χ2n) is 5.89. The lowest BCUT2D eigenvalue weighted by molar-refractivity contribution is 0.0602. The van der Waals surface area contributed by atoms with Gasteiger partial charge in [0.15, 0.2) is 5.65 Å². The molecule has 1 N–H and O–H groups in total. The third kappa shape index (κ3) is 2.44. The Morgan fingerprint density at radius 2 is 2.19 bits per heavy atom. The Labute approximate surface area is 147 Å². The van der Waals surface area contributed by atoms with E-state index in [1.54, 1.807) is 36.3 Å². The highest BCUT2D eigenvalue weighted by Crippen LogP contribution is 2.18. The lowest BCUT2D eigenvalue weighted by Gasteiger charge is -2.07. The van der Waals surface area contributed by atoms with Gasteiger partial charge in [-0.15, -0.1) is 0 Å². The molecule has 0 unspecified atom stereocenters. The van der Waals surface area contributed by atoms with Crippen LogP contribution in [0, 0.1) is 6.92 Å². The number of carbonyl (C=O) groups excluding carboxylic acids is 1. The van der Waals surface area contributed by atoms with Gasteiger partial charge in [0, 0.05) is 37.3 Å². The summed E-state index contributed by atoms with van der Waals surface area (Å²) in [5, 5.41) is 4.79. The number of aromatic amines is 1. The molecule has 4 aromatic heterocycles. The monoisotopic (exact) mass is 352 g/mol. The van der Waals surface area contributed by atoms with Crippen molar-refractivity contribution in [3.8, 4) is 0 Å². The van der Waals surface area contributed by atoms with Crippen LogP contribution in [0.15, 0.2) is 35.8 Å². The molecular formula is C17H16N6O3. The largest absolute Gasteiger partial charge is 0.465 e. The lowest BCUT2D eigenvalue weighted by atomic mass is 10.2. The van der Waals surface area contributed by atoms with Crippen LogP contribution in [-0.4, -0.2) is 42.2 Å². The maximum atomic E-state index is 12.8. The van der Waals surface area contributed by atoms with E-state index >= 15 is 0 Å². The number of esters is 1. The zero-order valence-corrected chi connectivity index (χ0v) is 14.3. The molecule has 4 aromatic rings. The van der Waals surface area contributed by atoms with Crippen LogP contribution in [-0.2, 0) is 17.7 Å². The molecule has 4 heterocycles. The van der Waals surface area contributed by atoms with Gasteiger partial charge in [-0.1, -0.05) is 0 Å². The number of nitrogens with one attached hydrogen (secondary N) is 1. The lowest BCUT2D eigenvalue weighted by Crippen LogP contribution is -2.21. The number of aryl methyl sites for hydroxylation is 3. The van der Waals surface area contributed by atoms with Crippen LogP contribution in [0.2, 0.25) is 0 Å². The molecule has 0 aromatic carbocycles. The van der Waals surface area contributed by atoms with Crippen LogP contribution in [0.3, 0.4) is 0 Å². The summed E-state index contributed by atoms with van der Waals surface area (Å²) in [5.41, 5.74) is 2.56. The van der Waals surface area contributed by atoms with Gasteiger partial charge in [0.25, 0.3) is 5.56 Å². The molecular weight excluding hydrogens is 336 g/mol. The Bertz CT molecular complexity index is 1170. The number of hydrogen-bond donors (Lipinski definition) is 1. The number of H-pyrrole nitrogens is 1. The zero-order chi connectivity index (χ0) is 18.3. The third-order valence-corrected chi connectivity index (χ3v) is 4.33. The number of rotatable bonds is 4. The van der Waals surface area contributed by atoms with E-state index in [1.165, 1.54) is 17.8 Å². The minimum absolute atomic E-state index is 0.163. The van der Waals surface area contributed by atoms with Crippen LogP contribution in [0.4, 0.5) is 0 Å². The minimum atomic E-state index is -0.503. The second-order valence-corrected chi connectivity index (χ2v) is 5.89. The smallest absolute Gasteiger partial charge is 0.343 e. The van der Waals surface area contributed by atoms with Gasteiger partial charge in [0.2, 0.25) is 0 Å². The SMILES string of the molecule is COC(=O)c1c(C)nn2c1ncc1c(=O)n(CCc3cnc[nH]3)ccc12. The first-order valence-electron chi connectivity index (χ1n) is 8.03. The second kappa shape index (κ2) is 6.10. The molecule has 0 aliphatic carbocycles. The van der Waals surface area contributed by atoms with Gasteiger partial charge in [-0.25, -0.2) is 19.3 Å². The summed E-state index contributed by atoms with van der Waals surface area (Å²) >= 11 is 0. The van der Waals surface area contributed by atoms with Crippen molar-refractivity contribution >= 4 is 22.5 Å². The van der Waals surface area contributed by atoms with Crippen molar-refractivity contribution in [2.45, 2.75) is 19.9 Å². The highest BCUT2D eigenvalue weighted by molar-refractivity contribution is 5.98. The minimum Gasteiger partial charge on any atom is -0.465 e. The average Bonchev–Trinajstić information content (AvgIpc) is 3.27. The fourth-order valence-electron chi connectivity index (χ4n) is 3.00. The third-order valence-electron chi connectivity index (χ3n) is 4.33. The number of fused-ring (bicyclic) bond motifs is 3. The first-order chi connectivity index (χ1) is 12.6. The molecule has 0 bridgehead atoms. The predicted octanol–water partition coefficient (Wildman–Crippen LogP) is 1.11. The van der Waals surface area contributed by atoms with Crippen molar-refractivity contribution in [2.75, 3.05) is 7.11 Å². The van der Waals surface area contributed by atoms with E-state index in [-0.39, 0.29) is 5.56 Å². The fraction of sp³-hybridized carbons (Fsp3) is 0.235. The van der Waals surface area contributed by atoms with Crippen LogP contribution in [0.1, 0.15) is 21.7 Å².